The van der Waals surface area contributed by atoms with Crippen LogP contribution >= 0.6 is 0 Å². The number of carboxylic acids is 1. The number of halogens is 1. The monoisotopic (exact) mass is 461 g/mol. The fraction of sp³-hybridized carbons (Fsp3) is 0.0800. The van der Waals surface area contributed by atoms with Crippen LogP contribution in [0.5, 0.6) is 5.75 Å². The Kier molecular flexibility index (Phi) is 5.77. The number of nitrogens with zero attached hydrogens (tertiary/aromatic N) is 1. The minimum absolute atomic E-state index is 0.194. The van der Waals surface area contributed by atoms with Crippen LogP contribution < -0.4 is 10.6 Å². The third-order valence-corrected chi connectivity index (χ3v) is 5.50. The number of aromatic hydroxyl groups is 1. The summed E-state index contributed by atoms with van der Waals surface area (Å²) in [7, 11) is 1.78. The van der Waals surface area contributed by atoms with Gasteiger partial charge in [0.2, 0.25) is 0 Å². The number of phenols is 1. The Labute approximate surface area is 193 Å². The molecule has 2 amide bonds. The Morgan fingerprint density at radius 3 is 2.21 bits per heavy atom. The first kappa shape index (κ1) is 22.5. The summed E-state index contributed by atoms with van der Waals surface area (Å²) < 4.78 is 14.8. The molecule has 172 valence electrons. The largest absolute Gasteiger partial charge is 0.507 e. The number of aromatic nitrogens is 1. The Morgan fingerprint density at radius 2 is 1.56 bits per heavy atom. The van der Waals surface area contributed by atoms with Crippen LogP contribution in [-0.2, 0) is 16.6 Å². The number of anilines is 2. The van der Waals surface area contributed by atoms with Crippen LogP contribution in [0.1, 0.15) is 15.9 Å². The third-order valence-electron chi connectivity index (χ3n) is 5.50. The molecule has 0 aliphatic rings. The molecule has 0 unspecified atom stereocenters. The van der Waals surface area contributed by atoms with Crippen LogP contribution in [0.15, 0.2) is 60.7 Å². The Bertz CT molecular complexity index is 1460. The van der Waals surface area contributed by atoms with Crippen molar-refractivity contribution in [3.8, 4) is 17.0 Å². The molecule has 4 rings (SSSR count). The molecule has 4 aromatic rings. The van der Waals surface area contributed by atoms with Gasteiger partial charge in [-0.05, 0) is 55.0 Å². The number of fused-ring (bicyclic) bond motifs is 1. The molecule has 0 atom stereocenters. The van der Waals surface area contributed by atoms with Crippen molar-refractivity contribution in [1.82, 2.24) is 4.57 Å². The lowest BCUT2D eigenvalue weighted by Gasteiger charge is -2.10. The summed E-state index contributed by atoms with van der Waals surface area (Å²) in [6.45, 7) is 1.84. The summed E-state index contributed by atoms with van der Waals surface area (Å²) in [5.74, 6) is -3.83. The molecule has 0 aliphatic carbocycles. The predicted octanol–water partition coefficient (Wildman–Crippen LogP) is 4.27. The average Bonchev–Trinajstić information content (AvgIpc) is 3.03. The van der Waals surface area contributed by atoms with Crippen LogP contribution in [0.4, 0.5) is 15.8 Å². The number of hydrogen-bond donors (Lipinski definition) is 4. The number of aryl methyl sites for hydroxylation is 2. The number of carboxylic acid groups (broad SMARTS) is 1. The minimum atomic E-state index is -1.23. The Morgan fingerprint density at radius 1 is 0.912 bits per heavy atom. The highest BCUT2D eigenvalue weighted by molar-refractivity contribution is 6.43. The molecule has 0 saturated carbocycles. The molecule has 34 heavy (non-hydrogen) atoms. The Hall–Kier alpha value is -4.66. The van der Waals surface area contributed by atoms with Crippen molar-refractivity contribution in [2.24, 2.45) is 7.05 Å². The van der Waals surface area contributed by atoms with Gasteiger partial charge in [0, 0.05) is 35.4 Å². The van der Waals surface area contributed by atoms with Gasteiger partial charge in [-0.1, -0.05) is 12.1 Å². The zero-order valence-electron chi connectivity index (χ0n) is 18.2. The van der Waals surface area contributed by atoms with E-state index in [1.165, 1.54) is 36.4 Å². The fourth-order valence-corrected chi connectivity index (χ4v) is 3.89. The van der Waals surface area contributed by atoms with Crippen molar-refractivity contribution in [1.29, 1.82) is 0 Å². The summed E-state index contributed by atoms with van der Waals surface area (Å²) in [5, 5.41) is 25.0. The highest BCUT2D eigenvalue weighted by atomic mass is 19.1. The molecule has 0 aliphatic heterocycles. The van der Waals surface area contributed by atoms with E-state index in [0.29, 0.717) is 22.2 Å². The zero-order chi connectivity index (χ0) is 24.6. The molecular weight excluding hydrogens is 441 g/mol. The van der Waals surface area contributed by atoms with Crippen molar-refractivity contribution >= 4 is 40.1 Å². The number of rotatable bonds is 4. The van der Waals surface area contributed by atoms with Crippen molar-refractivity contribution in [2.75, 3.05) is 10.6 Å². The van der Waals surface area contributed by atoms with E-state index in [1.54, 1.807) is 25.2 Å². The number of hydrogen-bond acceptors (Lipinski definition) is 4. The number of amides is 2. The van der Waals surface area contributed by atoms with E-state index in [9.17, 15) is 29.0 Å². The first-order chi connectivity index (χ1) is 16.2. The molecule has 1 heterocycles. The van der Waals surface area contributed by atoms with E-state index in [2.05, 4.69) is 10.6 Å². The molecular formula is C25H20FN3O5. The smallest absolute Gasteiger partial charge is 0.339 e. The maximum absolute atomic E-state index is 13.0. The summed E-state index contributed by atoms with van der Waals surface area (Å²) >= 11 is 0. The van der Waals surface area contributed by atoms with Gasteiger partial charge in [-0.3, -0.25) is 9.59 Å². The molecule has 9 heteroatoms. The second kappa shape index (κ2) is 8.70. The van der Waals surface area contributed by atoms with Crippen LogP contribution in [0.2, 0.25) is 0 Å². The molecule has 8 nitrogen and oxygen atoms in total. The first-order valence-corrected chi connectivity index (χ1v) is 10.2. The topological polar surface area (TPSA) is 121 Å². The van der Waals surface area contributed by atoms with Gasteiger partial charge in [0.25, 0.3) is 0 Å². The Balaban J connectivity index is 1.62. The normalized spacial score (nSPS) is 10.8. The SMILES string of the molecule is Cc1c(-c2cccc(NC(=O)C(=O)Nc3ccc(F)cc3)c2)n(C)c2cc(O)c(C(=O)O)cc12. The molecule has 4 N–H and O–H groups in total. The summed E-state index contributed by atoms with van der Waals surface area (Å²) in [6.07, 6.45) is 0. The van der Waals surface area contributed by atoms with Crippen LogP contribution in [0, 0.1) is 12.7 Å². The van der Waals surface area contributed by atoms with E-state index < -0.39 is 23.6 Å². The number of carbonyl (C=O) groups excluding carboxylic acids is 2. The number of nitrogens with one attached hydrogen (secondary N) is 2. The minimum Gasteiger partial charge on any atom is -0.507 e. The second-order valence-electron chi connectivity index (χ2n) is 7.72. The summed E-state index contributed by atoms with van der Waals surface area (Å²) in [6, 6.07) is 14.7. The standard InChI is InChI=1S/C25H20FN3O5/c1-13-18-11-19(25(33)34)21(30)12-20(18)29(2)22(13)14-4-3-5-17(10-14)28-24(32)23(31)27-16-8-6-15(26)7-9-16/h3-12,30H,1-2H3,(H,27,31)(H,28,32)(H,33,34). The van der Waals surface area contributed by atoms with Crippen molar-refractivity contribution < 1.29 is 29.0 Å². The van der Waals surface area contributed by atoms with Crippen LogP contribution in [0.3, 0.4) is 0 Å². The lowest BCUT2D eigenvalue weighted by Crippen LogP contribution is -2.29. The van der Waals surface area contributed by atoms with Gasteiger partial charge in [-0.25, -0.2) is 9.18 Å². The van der Waals surface area contributed by atoms with Gasteiger partial charge in [0.15, 0.2) is 0 Å². The molecule has 0 fully saturated rings. The van der Waals surface area contributed by atoms with Crippen LogP contribution in [-0.4, -0.2) is 32.6 Å². The van der Waals surface area contributed by atoms with E-state index in [1.807, 2.05) is 17.6 Å². The molecule has 0 saturated heterocycles. The van der Waals surface area contributed by atoms with Gasteiger partial charge in [0.1, 0.15) is 17.1 Å². The highest BCUT2D eigenvalue weighted by Gasteiger charge is 2.20. The van der Waals surface area contributed by atoms with Crippen molar-refractivity contribution in [3.63, 3.8) is 0 Å². The summed E-state index contributed by atoms with van der Waals surface area (Å²) in [5.41, 5.74) is 3.36. The molecule has 1 aromatic heterocycles. The van der Waals surface area contributed by atoms with Gasteiger partial charge >= 0.3 is 17.8 Å². The predicted molar refractivity (Wildman–Crippen MR) is 125 cm³/mol. The average molecular weight is 461 g/mol. The molecule has 0 radical (unpaired) electrons. The number of benzene rings is 3. The maximum atomic E-state index is 13.0. The second-order valence-corrected chi connectivity index (χ2v) is 7.72. The van der Waals surface area contributed by atoms with Gasteiger partial charge in [0.05, 0.1) is 11.2 Å². The number of aromatic carboxylic acids is 1. The van der Waals surface area contributed by atoms with E-state index in [0.717, 1.165) is 11.3 Å². The maximum Gasteiger partial charge on any atom is 0.339 e. The molecule has 3 aromatic carbocycles. The van der Waals surface area contributed by atoms with Crippen molar-refractivity contribution in [2.45, 2.75) is 6.92 Å². The highest BCUT2D eigenvalue weighted by Crippen LogP contribution is 2.36. The third kappa shape index (κ3) is 4.18. The summed E-state index contributed by atoms with van der Waals surface area (Å²) in [4.78, 5) is 36.0. The quantitative estimate of drug-likeness (QED) is 0.338. The van der Waals surface area contributed by atoms with E-state index >= 15 is 0 Å². The first-order valence-electron chi connectivity index (χ1n) is 10.2. The fourth-order valence-electron chi connectivity index (χ4n) is 3.89. The molecule has 0 bridgehead atoms. The van der Waals surface area contributed by atoms with Gasteiger partial charge in [-0.15, -0.1) is 0 Å². The van der Waals surface area contributed by atoms with Crippen LogP contribution in [0.25, 0.3) is 22.2 Å². The van der Waals surface area contributed by atoms with Gasteiger partial charge < -0.3 is 25.4 Å². The zero-order valence-corrected chi connectivity index (χ0v) is 18.2. The lowest BCUT2D eigenvalue weighted by atomic mass is 10.0. The van der Waals surface area contributed by atoms with E-state index in [4.69, 9.17) is 0 Å². The van der Waals surface area contributed by atoms with E-state index in [-0.39, 0.29) is 17.0 Å². The number of carbonyl (C=O) groups is 3. The van der Waals surface area contributed by atoms with Gasteiger partial charge in [-0.2, -0.15) is 0 Å². The lowest BCUT2D eigenvalue weighted by molar-refractivity contribution is -0.132. The van der Waals surface area contributed by atoms with Crippen molar-refractivity contribution in [3.05, 3.63) is 77.6 Å². The molecule has 0 spiro atoms.